The second-order valence-electron chi connectivity index (χ2n) is 5.70. The highest BCUT2D eigenvalue weighted by Gasteiger charge is 2.25. The topological polar surface area (TPSA) is 72.9 Å². The Bertz CT molecular complexity index is 390. The van der Waals surface area contributed by atoms with Crippen molar-refractivity contribution < 1.29 is 4.79 Å². The van der Waals surface area contributed by atoms with Crippen LogP contribution < -0.4 is 11.1 Å². The molecule has 1 aromatic heterocycles. The summed E-state index contributed by atoms with van der Waals surface area (Å²) in [5, 5.41) is 7.22. The molecule has 3 N–H and O–H groups in total. The third-order valence-electron chi connectivity index (χ3n) is 3.77. The van der Waals surface area contributed by atoms with Crippen LogP contribution in [0.25, 0.3) is 0 Å². The Kier molecular flexibility index (Phi) is 4.96. The number of hydrogen-bond donors (Lipinski definition) is 2. The van der Waals surface area contributed by atoms with Gasteiger partial charge in [0.15, 0.2) is 0 Å². The van der Waals surface area contributed by atoms with Gasteiger partial charge in [0.2, 0.25) is 5.91 Å². The van der Waals surface area contributed by atoms with Crippen molar-refractivity contribution >= 4 is 5.91 Å². The number of hydrogen-bond acceptors (Lipinski definition) is 3. The van der Waals surface area contributed by atoms with E-state index in [-0.39, 0.29) is 17.9 Å². The molecule has 0 aromatic carbocycles. The molecule has 0 radical (unpaired) electrons. The number of carbonyl (C=O) groups is 1. The second-order valence-corrected chi connectivity index (χ2v) is 5.70. The standard InChI is InChI=1S/C14H24N4O/c1-11(10-18-7-3-6-17-18)9-16-14(19)12-4-2-5-13(15)8-12/h3,6-7,11-13H,2,4-5,8-10,15H2,1H3,(H,16,19). The Labute approximate surface area is 114 Å². The molecular formula is C14H24N4O. The van der Waals surface area contributed by atoms with Crippen LogP contribution in [0.15, 0.2) is 18.5 Å². The Balaban J connectivity index is 1.70. The highest BCUT2D eigenvalue weighted by molar-refractivity contribution is 5.78. The van der Waals surface area contributed by atoms with Crippen molar-refractivity contribution in [3.05, 3.63) is 18.5 Å². The average Bonchev–Trinajstić information content (AvgIpc) is 2.88. The monoisotopic (exact) mass is 264 g/mol. The summed E-state index contributed by atoms with van der Waals surface area (Å²) in [5.74, 6) is 0.657. The minimum atomic E-state index is 0.112. The first-order valence-electron chi connectivity index (χ1n) is 7.16. The van der Waals surface area contributed by atoms with E-state index in [4.69, 9.17) is 5.73 Å². The summed E-state index contributed by atoms with van der Waals surface area (Å²) >= 11 is 0. The lowest BCUT2D eigenvalue weighted by atomic mass is 9.85. The first-order chi connectivity index (χ1) is 9.15. The smallest absolute Gasteiger partial charge is 0.223 e. The fourth-order valence-corrected chi connectivity index (χ4v) is 2.68. The first-order valence-corrected chi connectivity index (χ1v) is 7.16. The van der Waals surface area contributed by atoms with E-state index in [0.29, 0.717) is 12.5 Å². The van der Waals surface area contributed by atoms with Crippen molar-refractivity contribution in [2.75, 3.05) is 6.54 Å². The highest BCUT2D eigenvalue weighted by atomic mass is 16.1. The molecule has 1 aliphatic rings. The maximum Gasteiger partial charge on any atom is 0.223 e. The average molecular weight is 264 g/mol. The van der Waals surface area contributed by atoms with E-state index in [2.05, 4.69) is 17.3 Å². The molecule has 2 rings (SSSR count). The van der Waals surface area contributed by atoms with Crippen molar-refractivity contribution in [1.82, 2.24) is 15.1 Å². The summed E-state index contributed by atoms with van der Waals surface area (Å²) in [6, 6.07) is 2.11. The predicted octanol–water partition coefficient (Wildman–Crippen LogP) is 1.15. The summed E-state index contributed by atoms with van der Waals surface area (Å²) in [4.78, 5) is 12.1. The molecule has 1 aliphatic carbocycles. The number of carbonyl (C=O) groups excluding carboxylic acids is 1. The van der Waals surface area contributed by atoms with E-state index in [0.717, 1.165) is 32.2 Å². The Hall–Kier alpha value is -1.36. The number of amides is 1. The van der Waals surface area contributed by atoms with Crippen LogP contribution in [0.2, 0.25) is 0 Å². The highest BCUT2D eigenvalue weighted by Crippen LogP contribution is 2.23. The van der Waals surface area contributed by atoms with Gasteiger partial charge in [-0.3, -0.25) is 9.48 Å². The zero-order chi connectivity index (χ0) is 13.7. The molecule has 3 atom stereocenters. The molecule has 19 heavy (non-hydrogen) atoms. The van der Waals surface area contributed by atoms with Crippen LogP contribution in [-0.4, -0.2) is 28.3 Å². The largest absolute Gasteiger partial charge is 0.356 e. The van der Waals surface area contributed by atoms with Gasteiger partial charge < -0.3 is 11.1 Å². The number of nitrogens with zero attached hydrogens (tertiary/aromatic N) is 2. The van der Waals surface area contributed by atoms with Gasteiger partial charge >= 0.3 is 0 Å². The van der Waals surface area contributed by atoms with Gasteiger partial charge in [-0.1, -0.05) is 13.3 Å². The van der Waals surface area contributed by atoms with Gasteiger partial charge in [-0.15, -0.1) is 0 Å². The van der Waals surface area contributed by atoms with Gasteiger partial charge in [-0.05, 0) is 31.2 Å². The van der Waals surface area contributed by atoms with E-state index < -0.39 is 0 Å². The molecule has 0 bridgehead atoms. The lowest BCUT2D eigenvalue weighted by Gasteiger charge is -2.26. The minimum absolute atomic E-state index is 0.112. The first kappa shape index (κ1) is 14.1. The molecule has 1 fully saturated rings. The maximum absolute atomic E-state index is 12.1. The van der Waals surface area contributed by atoms with Gasteiger partial charge in [-0.25, -0.2) is 0 Å². The summed E-state index contributed by atoms with van der Waals surface area (Å²) in [6.07, 6.45) is 7.65. The number of rotatable bonds is 5. The molecule has 1 amide bonds. The van der Waals surface area contributed by atoms with Crippen molar-refractivity contribution in [3.63, 3.8) is 0 Å². The van der Waals surface area contributed by atoms with Crippen molar-refractivity contribution in [3.8, 4) is 0 Å². The SMILES string of the molecule is CC(CNC(=O)C1CCCC(N)C1)Cn1cccn1. The van der Waals surface area contributed by atoms with E-state index in [1.165, 1.54) is 0 Å². The van der Waals surface area contributed by atoms with Crippen LogP contribution in [0.5, 0.6) is 0 Å². The van der Waals surface area contributed by atoms with Crippen LogP contribution >= 0.6 is 0 Å². The quantitative estimate of drug-likeness (QED) is 0.838. The van der Waals surface area contributed by atoms with E-state index in [1.807, 2.05) is 16.9 Å². The Morgan fingerprint density at radius 1 is 1.58 bits per heavy atom. The lowest BCUT2D eigenvalue weighted by molar-refractivity contribution is -0.126. The summed E-state index contributed by atoms with van der Waals surface area (Å²) in [5.41, 5.74) is 5.92. The van der Waals surface area contributed by atoms with Crippen LogP contribution in [0.3, 0.4) is 0 Å². The van der Waals surface area contributed by atoms with E-state index in [9.17, 15) is 4.79 Å². The molecule has 0 saturated heterocycles. The second kappa shape index (κ2) is 6.70. The Morgan fingerprint density at radius 2 is 2.42 bits per heavy atom. The van der Waals surface area contributed by atoms with Gasteiger partial charge in [0, 0.05) is 37.4 Å². The third-order valence-corrected chi connectivity index (χ3v) is 3.77. The fraction of sp³-hybridized carbons (Fsp3) is 0.714. The molecule has 106 valence electrons. The van der Waals surface area contributed by atoms with Gasteiger partial charge in [0.1, 0.15) is 0 Å². The third kappa shape index (κ3) is 4.35. The molecule has 1 aromatic rings. The van der Waals surface area contributed by atoms with Gasteiger partial charge in [0.25, 0.3) is 0 Å². The van der Waals surface area contributed by atoms with Crippen LogP contribution in [0, 0.1) is 11.8 Å². The number of nitrogens with two attached hydrogens (primary N) is 1. The lowest BCUT2D eigenvalue weighted by Crippen LogP contribution is -2.39. The fourth-order valence-electron chi connectivity index (χ4n) is 2.68. The van der Waals surface area contributed by atoms with E-state index >= 15 is 0 Å². The summed E-state index contributed by atoms with van der Waals surface area (Å²) in [6.45, 7) is 3.65. The molecular weight excluding hydrogens is 240 g/mol. The molecule has 0 aliphatic heterocycles. The van der Waals surface area contributed by atoms with Gasteiger partial charge in [0.05, 0.1) is 0 Å². The number of aromatic nitrogens is 2. The van der Waals surface area contributed by atoms with Crippen molar-refractivity contribution in [2.45, 2.75) is 45.2 Å². The zero-order valence-corrected chi connectivity index (χ0v) is 11.6. The van der Waals surface area contributed by atoms with Crippen molar-refractivity contribution in [2.24, 2.45) is 17.6 Å². The number of nitrogens with one attached hydrogen (secondary N) is 1. The molecule has 5 heteroatoms. The van der Waals surface area contributed by atoms with Gasteiger partial charge in [-0.2, -0.15) is 5.10 Å². The Morgan fingerprint density at radius 3 is 3.11 bits per heavy atom. The molecule has 3 unspecified atom stereocenters. The van der Waals surface area contributed by atoms with Crippen LogP contribution in [0.4, 0.5) is 0 Å². The zero-order valence-electron chi connectivity index (χ0n) is 11.6. The maximum atomic E-state index is 12.1. The van der Waals surface area contributed by atoms with E-state index in [1.54, 1.807) is 6.20 Å². The van der Waals surface area contributed by atoms with Crippen LogP contribution in [0.1, 0.15) is 32.6 Å². The predicted molar refractivity (Wildman–Crippen MR) is 74.3 cm³/mol. The normalized spacial score (nSPS) is 24.9. The molecule has 1 saturated carbocycles. The van der Waals surface area contributed by atoms with Crippen LogP contribution in [-0.2, 0) is 11.3 Å². The summed E-state index contributed by atoms with van der Waals surface area (Å²) in [7, 11) is 0. The molecule has 0 spiro atoms. The summed E-state index contributed by atoms with van der Waals surface area (Å²) < 4.78 is 1.90. The van der Waals surface area contributed by atoms with Crippen molar-refractivity contribution in [1.29, 1.82) is 0 Å². The minimum Gasteiger partial charge on any atom is -0.356 e. The molecule has 1 heterocycles. The molecule has 5 nitrogen and oxygen atoms in total.